The first-order valence-corrected chi connectivity index (χ1v) is 10.2. The van der Waals surface area contributed by atoms with E-state index in [9.17, 15) is 18.0 Å². The molecule has 1 amide bonds. The number of hydrogen-bond acceptors (Lipinski definition) is 5. The molecule has 8 heteroatoms. The van der Waals surface area contributed by atoms with Crippen LogP contribution in [0, 0.1) is 0 Å². The van der Waals surface area contributed by atoms with Crippen LogP contribution in [0.5, 0.6) is 0 Å². The first kappa shape index (κ1) is 17.6. The Morgan fingerprint density at radius 2 is 1.92 bits per heavy atom. The average Bonchev–Trinajstić information content (AvgIpc) is 2.60. The SMILES string of the molecule is CS(=O)(=O)C1CCN(C(=O)CCn2cnc3ccccc3c2=O)CC1. The van der Waals surface area contributed by atoms with Gasteiger partial charge >= 0.3 is 0 Å². The second-order valence-electron chi connectivity index (χ2n) is 6.42. The zero-order chi connectivity index (χ0) is 18.0. The Morgan fingerprint density at radius 3 is 2.60 bits per heavy atom. The molecule has 25 heavy (non-hydrogen) atoms. The van der Waals surface area contributed by atoms with Crippen molar-refractivity contribution >= 4 is 26.6 Å². The van der Waals surface area contributed by atoms with Gasteiger partial charge in [-0.25, -0.2) is 13.4 Å². The predicted octanol–water partition coefficient (Wildman–Crippen LogP) is 0.822. The van der Waals surface area contributed by atoms with Crippen LogP contribution in [-0.2, 0) is 21.2 Å². The summed E-state index contributed by atoms with van der Waals surface area (Å²) in [6, 6.07) is 7.10. The number of fused-ring (bicyclic) bond motifs is 1. The van der Waals surface area contributed by atoms with E-state index in [0.717, 1.165) is 0 Å². The molecule has 0 bridgehead atoms. The first-order valence-electron chi connectivity index (χ1n) is 8.27. The minimum Gasteiger partial charge on any atom is -0.343 e. The molecule has 1 aromatic heterocycles. The van der Waals surface area contributed by atoms with Gasteiger partial charge in [0.2, 0.25) is 5.91 Å². The second-order valence-corrected chi connectivity index (χ2v) is 8.75. The molecule has 3 rings (SSSR count). The molecule has 134 valence electrons. The molecular weight excluding hydrogens is 342 g/mol. The minimum absolute atomic E-state index is 0.0630. The molecule has 1 aliphatic heterocycles. The van der Waals surface area contributed by atoms with Crippen molar-refractivity contribution in [1.82, 2.24) is 14.5 Å². The number of piperidine rings is 1. The van der Waals surface area contributed by atoms with Crippen LogP contribution in [-0.4, -0.2) is 53.4 Å². The average molecular weight is 363 g/mol. The highest BCUT2D eigenvalue weighted by Crippen LogP contribution is 2.17. The van der Waals surface area contributed by atoms with Gasteiger partial charge in [0.1, 0.15) is 9.84 Å². The quantitative estimate of drug-likeness (QED) is 0.802. The van der Waals surface area contributed by atoms with Crippen LogP contribution >= 0.6 is 0 Å². The number of carbonyl (C=O) groups excluding carboxylic acids is 1. The third-order valence-electron chi connectivity index (χ3n) is 4.70. The summed E-state index contributed by atoms with van der Waals surface area (Å²) in [7, 11) is -3.05. The van der Waals surface area contributed by atoms with E-state index < -0.39 is 9.84 Å². The number of nitrogens with zero attached hydrogens (tertiary/aromatic N) is 3. The zero-order valence-electron chi connectivity index (χ0n) is 14.1. The molecule has 0 N–H and O–H groups in total. The fraction of sp³-hybridized carbons (Fsp3) is 0.471. The number of likely N-dealkylation sites (tertiary alicyclic amines) is 1. The number of aryl methyl sites for hydroxylation is 1. The molecule has 0 spiro atoms. The van der Waals surface area contributed by atoms with E-state index in [1.165, 1.54) is 17.2 Å². The molecule has 1 fully saturated rings. The fourth-order valence-electron chi connectivity index (χ4n) is 3.17. The molecule has 1 aliphatic rings. The van der Waals surface area contributed by atoms with E-state index in [1.807, 2.05) is 6.07 Å². The van der Waals surface area contributed by atoms with Crippen LogP contribution in [0.4, 0.5) is 0 Å². The highest BCUT2D eigenvalue weighted by molar-refractivity contribution is 7.91. The van der Waals surface area contributed by atoms with Crippen molar-refractivity contribution in [3.8, 4) is 0 Å². The smallest absolute Gasteiger partial charge is 0.261 e. The minimum atomic E-state index is -3.05. The van der Waals surface area contributed by atoms with Gasteiger partial charge < -0.3 is 4.90 Å². The number of aromatic nitrogens is 2. The van der Waals surface area contributed by atoms with Crippen molar-refractivity contribution in [1.29, 1.82) is 0 Å². The Balaban J connectivity index is 1.62. The highest BCUT2D eigenvalue weighted by atomic mass is 32.2. The molecule has 1 saturated heterocycles. The Hall–Kier alpha value is -2.22. The molecule has 1 aromatic carbocycles. The summed E-state index contributed by atoms with van der Waals surface area (Å²) in [4.78, 5) is 30.7. The van der Waals surface area contributed by atoms with Crippen LogP contribution in [0.25, 0.3) is 10.9 Å². The van der Waals surface area contributed by atoms with E-state index in [2.05, 4.69) is 4.98 Å². The topological polar surface area (TPSA) is 89.3 Å². The number of sulfone groups is 1. The van der Waals surface area contributed by atoms with Crippen molar-refractivity contribution in [2.75, 3.05) is 19.3 Å². The maximum atomic E-state index is 12.4. The Morgan fingerprint density at radius 1 is 1.24 bits per heavy atom. The van der Waals surface area contributed by atoms with Gasteiger partial charge in [-0.2, -0.15) is 0 Å². The summed E-state index contributed by atoms with van der Waals surface area (Å²) in [6.45, 7) is 1.16. The number of rotatable bonds is 4. The number of amides is 1. The van der Waals surface area contributed by atoms with E-state index in [-0.39, 0.29) is 29.7 Å². The molecule has 0 radical (unpaired) electrons. The molecule has 0 saturated carbocycles. The summed E-state index contributed by atoms with van der Waals surface area (Å²) in [5.41, 5.74) is 0.479. The molecular formula is C17H21N3O4S. The maximum absolute atomic E-state index is 12.4. The van der Waals surface area contributed by atoms with Crippen molar-refractivity contribution < 1.29 is 13.2 Å². The predicted molar refractivity (Wildman–Crippen MR) is 95.1 cm³/mol. The third kappa shape index (κ3) is 3.89. The summed E-state index contributed by atoms with van der Waals surface area (Å²) in [5, 5.41) is 0.176. The van der Waals surface area contributed by atoms with Crippen LogP contribution in [0.15, 0.2) is 35.4 Å². The lowest BCUT2D eigenvalue weighted by atomic mass is 10.1. The van der Waals surface area contributed by atoms with Crippen LogP contribution in [0.3, 0.4) is 0 Å². The zero-order valence-corrected chi connectivity index (χ0v) is 14.9. The summed E-state index contributed by atoms with van der Waals surface area (Å²) >= 11 is 0. The van der Waals surface area contributed by atoms with Gasteiger partial charge in [0.25, 0.3) is 5.56 Å². The Kier molecular flexibility index (Phi) is 4.89. The van der Waals surface area contributed by atoms with Crippen LogP contribution in [0.1, 0.15) is 19.3 Å². The fourth-order valence-corrected chi connectivity index (χ4v) is 4.24. The van der Waals surface area contributed by atoms with Crippen molar-refractivity contribution in [2.24, 2.45) is 0 Å². The van der Waals surface area contributed by atoms with Gasteiger partial charge in [0.05, 0.1) is 22.5 Å². The van der Waals surface area contributed by atoms with E-state index in [0.29, 0.717) is 36.8 Å². The van der Waals surface area contributed by atoms with Gasteiger partial charge in [0.15, 0.2) is 0 Å². The molecule has 0 atom stereocenters. The van der Waals surface area contributed by atoms with Gasteiger partial charge in [0, 0.05) is 32.3 Å². The first-order chi connectivity index (χ1) is 11.9. The van der Waals surface area contributed by atoms with Gasteiger partial charge in [-0.1, -0.05) is 12.1 Å². The molecule has 0 aliphatic carbocycles. The maximum Gasteiger partial charge on any atom is 0.261 e. The van der Waals surface area contributed by atoms with Crippen molar-refractivity contribution in [3.05, 3.63) is 40.9 Å². The highest BCUT2D eigenvalue weighted by Gasteiger charge is 2.28. The molecule has 7 nitrogen and oxygen atoms in total. The van der Waals surface area contributed by atoms with Gasteiger partial charge in [-0.05, 0) is 25.0 Å². The summed E-state index contributed by atoms with van der Waals surface area (Å²) in [6.07, 6.45) is 3.86. The lowest BCUT2D eigenvalue weighted by Gasteiger charge is -2.31. The largest absolute Gasteiger partial charge is 0.343 e. The van der Waals surface area contributed by atoms with E-state index in [4.69, 9.17) is 0 Å². The summed E-state index contributed by atoms with van der Waals surface area (Å²) < 4.78 is 24.6. The Bertz CT molecular complexity index is 944. The standard InChI is InChI=1S/C17H21N3O4S/c1-25(23,24)13-6-9-19(10-7-13)16(21)8-11-20-12-18-15-5-3-2-4-14(15)17(20)22/h2-5,12-13H,6-11H2,1H3. The van der Waals surface area contributed by atoms with Crippen molar-refractivity contribution in [3.63, 3.8) is 0 Å². The summed E-state index contributed by atoms with van der Waals surface area (Å²) in [5.74, 6) is -0.0630. The Labute approximate surface area is 146 Å². The normalized spacial score (nSPS) is 16.3. The molecule has 2 heterocycles. The van der Waals surface area contributed by atoms with Gasteiger partial charge in [-0.15, -0.1) is 0 Å². The molecule has 2 aromatic rings. The van der Waals surface area contributed by atoms with E-state index >= 15 is 0 Å². The van der Waals surface area contributed by atoms with E-state index in [1.54, 1.807) is 23.1 Å². The number of hydrogen-bond donors (Lipinski definition) is 0. The lowest BCUT2D eigenvalue weighted by molar-refractivity contribution is -0.132. The number of para-hydroxylation sites is 1. The number of carbonyl (C=O) groups is 1. The van der Waals surface area contributed by atoms with Crippen LogP contribution in [0.2, 0.25) is 0 Å². The lowest BCUT2D eigenvalue weighted by Crippen LogP contribution is -2.42. The van der Waals surface area contributed by atoms with Crippen molar-refractivity contribution in [2.45, 2.75) is 31.1 Å². The number of benzene rings is 1. The van der Waals surface area contributed by atoms with Crippen LogP contribution < -0.4 is 5.56 Å². The third-order valence-corrected chi connectivity index (χ3v) is 6.38. The monoisotopic (exact) mass is 363 g/mol. The van der Waals surface area contributed by atoms with Gasteiger partial charge in [-0.3, -0.25) is 14.2 Å². The second kappa shape index (κ2) is 6.95. The molecule has 0 unspecified atom stereocenters.